The molecule has 0 aliphatic rings. The highest BCUT2D eigenvalue weighted by Crippen LogP contribution is 2.29. The number of para-hydroxylation sites is 1. The van der Waals surface area contributed by atoms with Gasteiger partial charge in [0.2, 0.25) is 0 Å². The number of nitrogens with one attached hydrogen (secondary N) is 3. The molecule has 0 saturated heterocycles. The lowest BCUT2D eigenvalue weighted by atomic mass is 10.2. The first-order valence-electron chi connectivity index (χ1n) is 6.12. The first-order chi connectivity index (χ1) is 9.28. The van der Waals surface area contributed by atoms with Gasteiger partial charge in [-0.1, -0.05) is 18.2 Å². The highest BCUT2D eigenvalue weighted by Gasteiger charge is 2.08. The van der Waals surface area contributed by atoms with E-state index in [-0.39, 0.29) is 0 Å². The Labute approximate surface area is 111 Å². The number of anilines is 3. The van der Waals surface area contributed by atoms with Crippen molar-refractivity contribution >= 4 is 28.2 Å². The Balaban J connectivity index is 2.02. The number of nitrogens with zero attached hydrogens (tertiary/aromatic N) is 2. The molecule has 0 saturated carbocycles. The molecule has 0 fully saturated rings. The van der Waals surface area contributed by atoms with Gasteiger partial charge in [-0.2, -0.15) is 0 Å². The van der Waals surface area contributed by atoms with E-state index in [0.29, 0.717) is 0 Å². The summed E-state index contributed by atoms with van der Waals surface area (Å²) < 4.78 is 0. The summed E-state index contributed by atoms with van der Waals surface area (Å²) in [6.07, 6.45) is 1.54. The molecule has 0 spiro atoms. The van der Waals surface area contributed by atoms with Crippen LogP contribution < -0.4 is 10.6 Å². The average molecular weight is 253 g/mol. The molecule has 5 nitrogen and oxygen atoms in total. The molecule has 5 heteroatoms. The first-order valence-corrected chi connectivity index (χ1v) is 6.12. The van der Waals surface area contributed by atoms with Gasteiger partial charge >= 0.3 is 0 Å². The van der Waals surface area contributed by atoms with Crippen LogP contribution in [-0.2, 0) is 0 Å². The fourth-order valence-electron chi connectivity index (χ4n) is 2.13. The maximum Gasteiger partial charge on any atom is 0.135 e. The lowest BCUT2D eigenvalue weighted by molar-refractivity contribution is 1.16. The molecular formula is C14H15N5. The van der Waals surface area contributed by atoms with Gasteiger partial charge < -0.3 is 15.6 Å². The van der Waals surface area contributed by atoms with E-state index < -0.39 is 0 Å². The molecule has 2 heterocycles. The van der Waals surface area contributed by atoms with Crippen LogP contribution >= 0.6 is 0 Å². The summed E-state index contributed by atoms with van der Waals surface area (Å²) in [5, 5.41) is 7.50. The van der Waals surface area contributed by atoms with Gasteiger partial charge in [0.15, 0.2) is 0 Å². The number of fused-ring (bicyclic) bond motifs is 1. The largest absolute Gasteiger partial charge is 0.373 e. The third-order valence-electron chi connectivity index (χ3n) is 3.07. The molecular weight excluding hydrogens is 238 g/mol. The number of hydrogen-bond acceptors (Lipinski definition) is 4. The van der Waals surface area contributed by atoms with Gasteiger partial charge in [0, 0.05) is 29.7 Å². The van der Waals surface area contributed by atoms with E-state index in [1.54, 1.807) is 6.33 Å². The molecule has 0 atom stereocenters. The SMILES string of the molecule is CNc1cc(Nc2c(C)[nH]c3ccccc23)ncn1. The Kier molecular flexibility index (Phi) is 2.79. The van der Waals surface area contributed by atoms with Crippen molar-refractivity contribution in [3.63, 3.8) is 0 Å². The Bertz CT molecular complexity index is 717. The molecule has 0 unspecified atom stereocenters. The van der Waals surface area contributed by atoms with Crippen LogP contribution in [0.5, 0.6) is 0 Å². The van der Waals surface area contributed by atoms with E-state index in [2.05, 4.69) is 37.7 Å². The monoisotopic (exact) mass is 253 g/mol. The number of aromatic nitrogens is 3. The standard InChI is InChI=1S/C14H15N5/c1-9-14(10-5-3-4-6-11(10)18-9)19-13-7-12(15-2)16-8-17-13/h3-8,18H,1-2H3,(H2,15,16,17,19). The number of H-pyrrole nitrogens is 1. The third kappa shape index (κ3) is 2.10. The predicted octanol–water partition coefficient (Wildman–Crippen LogP) is 3.05. The number of benzene rings is 1. The summed E-state index contributed by atoms with van der Waals surface area (Å²) in [5.74, 6) is 1.56. The Morgan fingerprint density at radius 2 is 1.89 bits per heavy atom. The van der Waals surface area contributed by atoms with Crippen molar-refractivity contribution in [1.82, 2.24) is 15.0 Å². The molecule has 19 heavy (non-hydrogen) atoms. The lowest BCUT2D eigenvalue weighted by Gasteiger charge is -2.07. The maximum atomic E-state index is 4.23. The minimum absolute atomic E-state index is 0.771. The van der Waals surface area contributed by atoms with E-state index in [9.17, 15) is 0 Å². The van der Waals surface area contributed by atoms with Crippen LogP contribution in [0.2, 0.25) is 0 Å². The van der Waals surface area contributed by atoms with Gasteiger partial charge in [-0.3, -0.25) is 0 Å². The molecule has 96 valence electrons. The summed E-state index contributed by atoms with van der Waals surface area (Å²) in [4.78, 5) is 11.7. The molecule has 1 aromatic carbocycles. The van der Waals surface area contributed by atoms with Gasteiger partial charge in [0.05, 0.1) is 5.69 Å². The summed E-state index contributed by atoms with van der Waals surface area (Å²) >= 11 is 0. The zero-order valence-electron chi connectivity index (χ0n) is 10.9. The summed E-state index contributed by atoms with van der Waals surface area (Å²) in [6, 6.07) is 10.1. The molecule has 0 bridgehead atoms. The second-order valence-electron chi connectivity index (χ2n) is 4.33. The molecule has 3 rings (SSSR count). The van der Waals surface area contributed by atoms with E-state index >= 15 is 0 Å². The van der Waals surface area contributed by atoms with E-state index in [1.165, 1.54) is 0 Å². The van der Waals surface area contributed by atoms with Crippen LogP contribution in [0.15, 0.2) is 36.7 Å². The maximum absolute atomic E-state index is 4.23. The van der Waals surface area contributed by atoms with Crippen LogP contribution in [0.25, 0.3) is 10.9 Å². The van der Waals surface area contributed by atoms with Crippen LogP contribution in [0, 0.1) is 6.92 Å². The molecule has 0 aliphatic heterocycles. The van der Waals surface area contributed by atoms with Crippen molar-refractivity contribution in [3.05, 3.63) is 42.4 Å². The molecule has 0 aliphatic carbocycles. The summed E-state index contributed by atoms with van der Waals surface area (Å²) in [6.45, 7) is 2.04. The van der Waals surface area contributed by atoms with Gasteiger partial charge in [-0.25, -0.2) is 9.97 Å². The number of hydrogen-bond donors (Lipinski definition) is 3. The van der Waals surface area contributed by atoms with Crippen molar-refractivity contribution in [3.8, 4) is 0 Å². The molecule has 2 aromatic heterocycles. The fraction of sp³-hybridized carbons (Fsp3) is 0.143. The highest BCUT2D eigenvalue weighted by molar-refractivity contribution is 5.95. The van der Waals surface area contributed by atoms with Gasteiger partial charge in [-0.15, -0.1) is 0 Å². The second kappa shape index (κ2) is 4.61. The van der Waals surface area contributed by atoms with Crippen LogP contribution in [0.4, 0.5) is 17.3 Å². The first kappa shape index (κ1) is 11.5. The van der Waals surface area contributed by atoms with Crippen LogP contribution in [0.1, 0.15) is 5.69 Å². The van der Waals surface area contributed by atoms with Gasteiger partial charge in [0.1, 0.15) is 18.0 Å². The summed E-state index contributed by atoms with van der Waals surface area (Å²) in [7, 11) is 1.84. The minimum Gasteiger partial charge on any atom is -0.373 e. The normalized spacial score (nSPS) is 10.6. The Morgan fingerprint density at radius 3 is 2.74 bits per heavy atom. The minimum atomic E-state index is 0.771. The molecule has 0 radical (unpaired) electrons. The molecule has 3 N–H and O–H groups in total. The highest BCUT2D eigenvalue weighted by atomic mass is 15.1. The van der Waals surface area contributed by atoms with Crippen LogP contribution in [-0.4, -0.2) is 22.0 Å². The van der Waals surface area contributed by atoms with Crippen molar-refractivity contribution in [2.24, 2.45) is 0 Å². The number of rotatable bonds is 3. The van der Waals surface area contributed by atoms with E-state index in [0.717, 1.165) is 33.9 Å². The van der Waals surface area contributed by atoms with Crippen molar-refractivity contribution in [2.45, 2.75) is 6.92 Å². The smallest absolute Gasteiger partial charge is 0.135 e. The quantitative estimate of drug-likeness (QED) is 0.671. The van der Waals surface area contributed by atoms with Crippen LogP contribution in [0.3, 0.4) is 0 Å². The fourth-order valence-corrected chi connectivity index (χ4v) is 2.13. The summed E-state index contributed by atoms with van der Waals surface area (Å²) in [5.41, 5.74) is 3.26. The Morgan fingerprint density at radius 1 is 1.11 bits per heavy atom. The zero-order chi connectivity index (χ0) is 13.2. The lowest BCUT2D eigenvalue weighted by Crippen LogP contribution is -1.98. The van der Waals surface area contributed by atoms with Crippen molar-refractivity contribution in [1.29, 1.82) is 0 Å². The zero-order valence-corrected chi connectivity index (χ0v) is 10.9. The number of aryl methyl sites for hydroxylation is 1. The second-order valence-corrected chi connectivity index (χ2v) is 4.33. The van der Waals surface area contributed by atoms with E-state index in [1.807, 2.05) is 32.2 Å². The van der Waals surface area contributed by atoms with Crippen molar-refractivity contribution < 1.29 is 0 Å². The average Bonchev–Trinajstić information content (AvgIpc) is 2.76. The number of aromatic amines is 1. The van der Waals surface area contributed by atoms with Gasteiger partial charge in [0.25, 0.3) is 0 Å². The molecule has 3 aromatic rings. The molecule has 0 amide bonds. The van der Waals surface area contributed by atoms with E-state index in [4.69, 9.17) is 0 Å². The van der Waals surface area contributed by atoms with Gasteiger partial charge in [-0.05, 0) is 13.0 Å². The van der Waals surface area contributed by atoms with Crippen molar-refractivity contribution in [2.75, 3.05) is 17.7 Å². The Hall–Kier alpha value is -2.56. The third-order valence-corrected chi connectivity index (χ3v) is 3.07. The predicted molar refractivity (Wildman–Crippen MR) is 77.9 cm³/mol. The topological polar surface area (TPSA) is 65.6 Å².